The average molecular weight is 448 g/mol. The molecule has 3 heterocycles. The predicted molar refractivity (Wildman–Crippen MR) is 120 cm³/mol. The van der Waals surface area contributed by atoms with Gasteiger partial charge in [-0.1, -0.05) is 18.2 Å². The number of likely N-dealkylation sites (tertiary alicyclic amines) is 1. The van der Waals surface area contributed by atoms with Gasteiger partial charge < -0.3 is 19.5 Å². The van der Waals surface area contributed by atoms with Crippen molar-refractivity contribution in [2.45, 2.75) is 26.4 Å². The number of H-pyrrole nitrogens is 1. The topological polar surface area (TPSA) is 118 Å². The third-order valence-corrected chi connectivity index (χ3v) is 5.71. The van der Waals surface area contributed by atoms with Crippen molar-refractivity contribution in [3.05, 3.63) is 76.4 Å². The number of aromatic nitrogens is 3. The van der Waals surface area contributed by atoms with Gasteiger partial charge in [-0.25, -0.2) is 0 Å². The summed E-state index contributed by atoms with van der Waals surface area (Å²) in [6.07, 6.45) is 3.26. The summed E-state index contributed by atoms with van der Waals surface area (Å²) >= 11 is 0. The van der Waals surface area contributed by atoms with Gasteiger partial charge in [0.2, 0.25) is 0 Å². The smallest absolute Gasteiger partial charge is 0.295 e. The van der Waals surface area contributed by atoms with Gasteiger partial charge in [0.15, 0.2) is 11.5 Å². The van der Waals surface area contributed by atoms with Crippen LogP contribution in [0.4, 0.5) is 0 Å². The number of hydrogen-bond acceptors (Lipinski definition) is 7. The molecule has 3 aromatic rings. The third kappa shape index (κ3) is 3.71. The fraction of sp³-hybridized carbons (Fsp3) is 0.250. The average Bonchev–Trinajstić information content (AvgIpc) is 3.29. The van der Waals surface area contributed by atoms with E-state index in [9.17, 15) is 14.7 Å². The number of benzene rings is 1. The van der Waals surface area contributed by atoms with Gasteiger partial charge in [0.1, 0.15) is 5.76 Å². The van der Waals surface area contributed by atoms with Gasteiger partial charge in [0.25, 0.3) is 11.7 Å². The highest BCUT2D eigenvalue weighted by Gasteiger charge is 2.47. The molecule has 4 rings (SSSR count). The Bertz CT molecular complexity index is 1230. The van der Waals surface area contributed by atoms with Gasteiger partial charge in [0.05, 0.1) is 37.1 Å². The number of carbonyl (C=O) groups is 2. The van der Waals surface area contributed by atoms with E-state index in [1.54, 1.807) is 50.5 Å². The molecular weight excluding hydrogens is 424 g/mol. The largest absolute Gasteiger partial charge is 0.507 e. The summed E-state index contributed by atoms with van der Waals surface area (Å²) < 4.78 is 11.0. The van der Waals surface area contributed by atoms with Crippen LogP contribution in [0.15, 0.2) is 48.3 Å². The lowest BCUT2D eigenvalue weighted by molar-refractivity contribution is -0.140. The first-order valence-corrected chi connectivity index (χ1v) is 10.3. The summed E-state index contributed by atoms with van der Waals surface area (Å²) in [4.78, 5) is 32.0. The molecule has 0 saturated carbocycles. The number of ketones is 1. The van der Waals surface area contributed by atoms with Gasteiger partial charge in [-0.15, -0.1) is 0 Å². The Morgan fingerprint density at radius 1 is 1.15 bits per heavy atom. The summed E-state index contributed by atoms with van der Waals surface area (Å²) in [7, 11) is 2.99. The Morgan fingerprint density at radius 2 is 1.94 bits per heavy atom. The molecule has 0 aliphatic carbocycles. The molecule has 1 aliphatic rings. The number of carbonyl (C=O) groups excluding carboxylic acids is 2. The second-order valence-corrected chi connectivity index (χ2v) is 7.68. The Labute approximate surface area is 190 Å². The number of aliphatic hydroxyl groups excluding tert-OH is 1. The molecule has 1 fully saturated rings. The van der Waals surface area contributed by atoms with Crippen molar-refractivity contribution in [1.82, 2.24) is 20.1 Å². The quantitative estimate of drug-likeness (QED) is 0.338. The van der Waals surface area contributed by atoms with Crippen molar-refractivity contribution in [2.24, 2.45) is 0 Å². The van der Waals surface area contributed by atoms with Crippen LogP contribution in [0.2, 0.25) is 0 Å². The highest BCUT2D eigenvalue weighted by molar-refractivity contribution is 6.46. The Kier molecular flexibility index (Phi) is 5.87. The molecular formula is C24H24N4O5. The Hall–Kier alpha value is -4.14. The van der Waals surface area contributed by atoms with Crippen molar-refractivity contribution in [2.75, 3.05) is 14.2 Å². The number of ether oxygens (including phenoxy) is 2. The van der Waals surface area contributed by atoms with Crippen LogP contribution in [0.3, 0.4) is 0 Å². The van der Waals surface area contributed by atoms with E-state index in [4.69, 9.17) is 9.47 Å². The molecule has 1 aromatic carbocycles. The summed E-state index contributed by atoms with van der Waals surface area (Å²) in [5.41, 5.74) is 2.70. The van der Waals surface area contributed by atoms with Crippen LogP contribution in [0, 0.1) is 13.8 Å². The first kappa shape index (κ1) is 22.1. The van der Waals surface area contributed by atoms with Crippen LogP contribution in [0.25, 0.3) is 5.76 Å². The van der Waals surface area contributed by atoms with Crippen LogP contribution in [-0.2, 0) is 16.1 Å². The Morgan fingerprint density at radius 3 is 2.55 bits per heavy atom. The maximum atomic E-state index is 13.3. The van der Waals surface area contributed by atoms with Crippen LogP contribution >= 0.6 is 0 Å². The van der Waals surface area contributed by atoms with E-state index in [0.29, 0.717) is 34.0 Å². The summed E-state index contributed by atoms with van der Waals surface area (Å²) in [6, 6.07) is 7.87. The maximum Gasteiger partial charge on any atom is 0.295 e. The lowest BCUT2D eigenvalue weighted by atomic mass is 9.93. The second kappa shape index (κ2) is 8.78. The van der Waals surface area contributed by atoms with E-state index in [-0.39, 0.29) is 17.9 Å². The monoisotopic (exact) mass is 448 g/mol. The van der Waals surface area contributed by atoms with Gasteiger partial charge in [-0.05, 0) is 31.5 Å². The van der Waals surface area contributed by atoms with Crippen LogP contribution < -0.4 is 9.47 Å². The number of methoxy groups -OCH3 is 2. The third-order valence-electron chi connectivity index (χ3n) is 5.71. The molecule has 2 N–H and O–H groups in total. The highest BCUT2D eigenvalue weighted by Crippen LogP contribution is 2.46. The van der Waals surface area contributed by atoms with E-state index in [1.165, 1.54) is 19.1 Å². The number of aryl methyl sites for hydroxylation is 2. The number of hydrogen-bond donors (Lipinski definition) is 2. The molecule has 0 radical (unpaired) electrons. The van der Waals surface area contributed by atoms with Crippen molar-refractivity contribution >= 4 is 17.4 Å². The number of rotatable bonds is 6. The number of nitrogens with one attached hydrogen (secondary N) is 1. The zero-order valence-electron chi connectivity index (χ0n) is 18.7. The van der Waals surface area contributed by atoms with Crippen molar-refractivity contribution in [1.29, 1.82) is 0 Å². The molecule has 33 heavy (non-hydrogen) atoms. The standard InChI is InChI=1S/C24H24N4O5/c1-13-18(14(2)27-26-13)21(29)19-20(16-8-5-9-17(32-3)23(16)33-4)28(24(31)22(19)30)12-15-7-6-10-25-11-15/h5-11,20,29H,12H2,1-4H3,(H,26,27)/b21-19+/t20-/m0/s1. The van der Waals surface area contributed by atoms with E-state index in [2.05, 4.69) is 15.2 Å². The fourth-order valence-electron chi connectivity index (χ4n) is 4.22. The van der Waals surface area contributed by atoms with Gasteiger partial charge >= 0.3 is 0 Å². The van der Waals surface area contributed by atoms with Crippen molar-refractivity contribution < 1.29 is 24.2 Å². The van der Waals surface area contributed by atoms with E-state index in [1.807, 2.05) is 6.07 Å². The lowest BCUT2D eigenvalue weighted by Crippen LogP contribution is -2.29. The van der Waals surface area contributed by atoms with Crippen LogP contribution in [-0.4, -0.2) is 51.1 Å². The summed E-state index contributed by atoms with van der Waals surface area (Å²) in [6.45, 7) is 3.57. The van der Waals surface area contributed by atoms with E-state index < -0.39 is 17.7 Å². The molecule has 0 spiro atoms. The molecule has 0 bridgehead atoms. The number of amides is 1. The molecule has 0 unspecified atom stereocenters. The van der Waals surface area contributed by atoms with Crippen molar-refractivity contribution in [3.63, 3.8) is 0 Å². The molecule has 1 amide bonds. The molecule has 9 nitrogen and oxygen atoms in total. The lowest BCUT2D eigenvalue weighted by Gasteiger charge is -2.27. The van der Waals surface area contributed by atoms with Gasteiger partial charge in [-0.3, -0.25) is 19.7 Å². The van der Waals surface area contributed by atoms with Crippen LogP contribution in [0.5, 0.6) is 11.5 Å². The maximum absolute atomic E-state index is 13.3. The zero-order valence-corrected chi connectivity index (χ0v) is 18.7. The predicted octanol–water partition coefficient (Wildman–Crippen LogP) is 3.06. The molecule has 2 aromatic heterocycles. The van der Waals surface area contributed by atoms with Crippen molar-refractivity contribution in [3.8, 4) is 11.5 Å². The first-order chi connectivity index (χ1) is 15.9. The summed E-state index contributed by atoms with van der Waals surface area (Å²) in [5.74, 6) is -0.992. The molecule has 9 heteroatoms. The second-order valence-electron chi connectivity index (χ2n) is 7.68. The molecule has 1 atom stereocenters. The van der Waals surface area contributed by atoms with Crippen LogP contribution in [0.1, 0.15) is 34.1 Å². The van der Waals surface area contributed by atoms with E-state index >= 15 is 0 Å². The fourth-order valence-corrected chi connectivity index (χ4v) is 4.22. The first-order valence-electron chi connectivity index (χ1n) is 10.3. The molecule has 170 valence electrons. The minimum atomic E-state index is -0.913. The highest BCUT2D eigenvalue weighted by atomic mass is 16.5. The Balaban J connectivity index is 1.97. The number of para-hydroxylation sites is 1. The van der Waals surface area contributed by atoms with Gasteiger partial charge in [-0.2, -0.15) is 5.10 Å². The number of aromatic amines is 1. The normalized spacial score (nSPS) is 17.5. The SMILES string of the molecule is COc1cccc([C@H]2/C(=C(\O)c3c(C)n[nH]c3C)C(=O)C(=O)N2Cc2cccnc2)c1OC. The minimum Gasteiger partial charge on any atom is -0.507 e. The summed E-state index contributed by atoms with van der Waals surface area (Å²) in [5, 5.41) is 18.2. The number of aliphatic hydroxyl groups is 1. The number of nitrogens with zero attached hydrogens (tertiary/aromatic N) is 3. The molecule has 1 aliphatic heterocycles. The van der Waals surface area contributed by atoms with Gasteiger partial charge in [0, 0.05) is 30.2 Å². The minimum absolute atomic E-state index is 0.0388. The zero-order chi connectivity index (χ0) is 23.7. The number of Topliss-reactive ketones (excluding diaryl/α,β-unsaturated/α-hetero) is 1. The molecule has 1 saturated heterocycles. The number of pyridine rings is 1. The van der Waals surface area contributed by atoms with E-state index in [0.717, 1.165) is 5.56 Å².